The quantitative estimate of drug-likeness (QED) is 0.827. The predicted octanol–water partition coefficient (Wildman–Crippen LogP) is 2.41. The third-order valence-corrected chi connectivity index (χ3v) is 3.62. The molecule has 1 saturated carbocycles. The molecule has 0 heterocycles. The molecular formula is C13H16FNO2S. The molecule has 0 aliphatic heterocycles. The minimum absolute atomic E-state index is 0.0379. The van der Waals surface area contributed by atoms with Crippen LogP contribution in [0.1, 0.15) is 29.6 Å². The van der Waals surface area contributed by atoms with E-state index in [9.17, 15) is 9.18 Å². The van der Waals surface area contributed by atoms with E-state index in [1.165, 1.54) is 18.2 Å². The van der Waals surface area contributed by atoms with Gasteiger partial charge in [0.1, 0.15) is 5.82 Å². The van der Waals surface area contributed by atoms with Crippen LogP contribution in [0.4, 0.5) is 4.39 Å². The van der Waals surface area contributed by atoms with Gasteiger partial charge in [0.25, 0.3) is 5.91 Å². The molecule has 1 aromatic rings. The maximum Gasteiger partial charge on any atom is 0.251 e. The Hall–Kier alpha value is -1.07. The largest absolute Gasteiger partial charge is 0.379 e. The molecule has 1 aromatic carbocycles. The monoisotopic (exact) mass is 269 g/mol. The van der Waals surface area contributed by atoms with Crippen molar-refractivity contribution in [3.63, 3.8) is 0 Å². The molecule has 1 aliphatic carbocycles. The van der Waals surface area contributed by atoms with Crippen LogP contribution in [-0.4, -0.2) is 25.2 Å². The molecule has 18 heavy (non-hydrogen) atoms. The molecule has 0 saturated heterocycles. The minimum Gasteiger partial charge on any atom is -0.379 e. The highest BCUT2D eigenvalue weighted by molar-refractivity contribution is 7.80. The van der Waals surface area contributed by atoms with Crippen LogP contribution in [0.5, 0.6) is 0 Å². The van der Waals surface area contributed by atoms with Crippen LogP contribution >= 0.6 is 12.6 Å². The molecule has 1 N–H and O–H groups in total. The second-order valence-corrected chi connectivity index (χ2v) is 4.93. The molecule has 1 fully saturated rings. The molecule has 3 nitrogen and oxygen atoms in total. The zero-order valence-corrected chi connectivity index (χ0v) is 11.0. The first kappa shape index (κ1) is 13.4. The van der Waals surface area contributed by atoms with E-state index in [-0.39, 0.29) is 22.9 Å². The maximum atomic E-state index is 13.1. The van der Waals surface area contributed by atoms with Crippen molar-refractivity contribution in [2.24, 2.45) is 0 Å². The lowest BCUT2D eigenvalue weighted by molar-refractivity contribution is 0.0722. The van der Waals surface area contributed by atoms with Crippen LogP contribution in [0, 0.1) is 5.82 Å². The first-order chi connectivity index (χ1) is 8.61. The van der Waals surface area contributed by atoms with E-state index in [1.54, 1.807) is 7.11 Å². The predicted molar refractivity (Wildman–Crippen MR) is 69.6 cm³/mol. The lowest BCUT2D eigenvalue weighted by Crippen LogP contribution is -2.40. The molecule has 98 valence electrons. The zero-order chi connectivity index (χ0) is 13.1. The number of hydrogen-bond acceptors (Lipinski definition) is 3. The van der Waals surface area contributed by atoms with Crippen LogP contribution in [0.15, 0.2) is 23.1 Å². The number of amides is 1. The van der Waals surface area contributed by atoms with Gasteiger partial charge in [-0.05, 0) is 37.5 Å². The fourth-order valence-electron chi connectivity index (χ4n) is 2.28. The van der Waals surface area contributed by atoms with Crippen molar-refractivity contribution in [2.75, 3.05) is 7.11 Å². The second kappa shape index (κ2) is 5.71. The molecule has 1 aliphatic rings. The average molecular weight is 269 g/mol. The van der Waals surface area contributed by atoms with Crippen molar-refractivity contribution >= 4 is 18.5 Å². The molecule has 2 atom stereocenters. The van der Waals surface area contributed by atoms with Gasteiger partial charge in [-0.15, -0.1) is 12.6 Å². The minimum atomic E-state index is -0.425. The fraction of sp³-hybridized carbons (Fsp3) is 0.462. The van der Waals surface area contributed by atoms with Gasteiger partial charge < -0.3 is 10.1 Å². The van der Waals surface area contributed by atoms with E-state index >= 15 is 0 Å². The van der Waals surface area contributed by atoms with Crippen molar-refractivity contribution in [1.29, 1.82) is 0 Å². The molecule has 0 aromatic heterocycles. The van der Waals surface area contributed by atoms with Gasteiger partial charge in [0.2, 0.25) is 0 Å². The first-order valence-electron chi connectivity index (χ1n) is 5.94. The van der Waals surface area contributed by atoms with Gasteiger partial charge in [-0.1, -0.05) is 0 Å². The molecule has 2 rings (SSSR count). The Bertz CT molecular complexity index is 453. The Labute approximate surface area is 111 Å². The molecule has 1 amide bonds. The SMILES string of the molecule is COC1CCCC1NC(=O)c1ccc(F)c(S)c1. The van der Waals surface area contributed by atoms with Crippen molar-refractivity contribution < 1.29 is 13.9 Å². The Kier molecular flexibility index (Phi) is 4.24. The fourth-order valence-corrected chi connectivity index (χ4v) is 2.49. The molecule has 5 heteroatoms. The number of halogens is 1. The third kappa shape index (κ3) is 2.84. The Morgan fingerprint density at radius 2 is 2.28 bits per heavy atom. The van der Waals surface area contributed by atoms with E-state index in [2.05, 4.69) is 17.9 Å². The van der Waals surface area contributed by atoms with Crippen LogP contribution < -0.4 is 5.32 Å². The van der Waals surface area contributed by atoms with Crippen LogP contribution in [0.3, 0.4) is 0 Å². The van der Waals surface area contributed by atoms with Gasteiger partial charge in [-0.2, -0.15) is 0 Å². The summed E-state index contributed by atoms with van der Waals surface area (Å²) < 4.78 is 18.4. The van der Waals surface area contributed by atoms with Gasteiger partial charge in [-0.3, -0.25) is 4.79 Å². The van der Waals surface area contributed by atoms with Crippen molar-refractivity contribution in [3.8, 4) is 0 Å². The number of benzene rings is 1. The van der Waals surface area contributed by atoms with Gasteiger partial charge in [0.15, 0.2) is 0 Å². The summed E-state index contributed by atoms with van der Waals surface area (Å²) in [5.74, 6) is -0.634. The Morgan fingerprint density at radius 1 is 1.50 bits per heavy atom. The number of carbonyl (C=O) groups excluding carboxylic acids is 1. The number of methoxy groups -OCH3 is 1. The number of rotatable bonds is 3. The highest BCUT2D eigenvalue weighted by Gasteiger charge is 2.28. The van der Waals surface area contributed by atoms with Gasteiger partial charge in [0, 0.05) is 17.6 Å². The number of nitrogens with one attached hydrogen (secondary N) is 1. The van der Waals surface area contributed by atoms with Gasteiger partial charge >= 0.3 is 0 Å². The van der Waals surface area contributed by atoms with E-state index in [4.69, 9.17) is 4.74 Å². The summed E-state index contributed by atoms with van der Waals surface area (Å²) >= 11 is 3.97. The van der Waals surface area contributed by atoms with E-state index in [1.807, 2.05) is 0 Å². The topological polar surface area (TPSA) is 38.3 Å². The summed E-state index contributed by atoms with van der Waals surface area (Å²) in [5.41, 5.74) is 0.420. The number of hydrogen-bond donors (Lipinski definition) is 2. The number of thiol groups is 1. The smallest absolute Gasteiger partial charge is 0.251 e. The second-order valence-electron chi connectivity index (χ2n) is 4.45. The van der Waals surface area contributed by atoms with Crippen molar-refractivity contribution in [2.45, 2.75) is 36.3 Å². The van der Waals surface area contributed by atoms with E-state index in [0.29, 0.717) is 5.56 Å². The lowest BCUT2D eigenvalue weighted by atomic mass is 10.1. The summed E-state index contributed by atoms with van der Waals surface area (Å²) in [5, 5.41) is 2.92. The van der Waals surface area contributed by atoms with E-state index < -0.39 is 5.82 Å². The summed E-state index contributed by atoms with van der Waals surface area (Å²) in [6.45, 7) is 0. The Morgan fingerprint density at radius 3 is 2.94 bits per heavy atom. The highest BCUT2D eigenvalue weighted by atomic mass is 32.1. The normalized spacial score (nSPS) is 23.1. The Balaban J connectivity index is 2.05. The van der Waals surface area contributed by atoms with Crippen molar-refractivity contribution in [3.05, 3.63) is 29.6 Å². The maximum absolute atomic E-state index is 13.1. The summed E-state index contributed by atoms with van der Waals surface area (Å²) in [7, 11) is 1.65. The van der Waals surface area contributed by atoms with Gasteiger partial charge in [0.05, 0.1) is 12.1 Å². The highest BCUT2D eigenvalue weighted by Crippen LogP contribution is 2.22. The molecular weight excluding hydrogens is 253 g/mol. The number of ether oxygens (including phenoxy) is 1. The lowest BCUT2D eigenvalue weighted by Gasteiger charge is -2.19. The summed E-state index contributed by atoms with van der Waals surface area (Å²) in [4.78, 5) is 12.2. The molecule has 0 bridgehead atoms. The summed E-state index contributed by atoms with van der Waals surface area (Å²) in [6.07, 6.45) is 3.00. The number of carbonyl (C=O) groups is 1. The van der Waals surface area contributed by atoms with Crippen LogP contribution in [0.2, 0.25) is 0 Å². The molecule has 0 radical (unpaired) electrons. The van der Waals surface area contributed by atoms with E-state index in [0.717, 1.165) is 19.3 Å². The van der Waals surface area contributed by atoms with Crippen molar-refractivity contribution in [1.82, 2.24) is 5.32 Å². The van der Waals surface area contributed by atoms with Crippen LogP contribution in [-0.2, 0) is 4.74 Å². The third-order valence-electron chi connectivity index (χ3n) is 3.28. The zero-order valence-electron chi connectivity index (χ0n) is 10.1. The first-order valence-corrected chi connectivity index (χ1v) is 6.38. The average Bonchev–Trinajstić information content (AvgIpc) is 2.79. The molecule has 2 unspecified atom stereocenters. The van der Waals surface area contributed by atoms with Gasteiger partial charge in [-0.25, -0.2) is 4.39 Å². The van der Waals surface area contributed by atoms with Crippen LogP contribution in [0.25, 0.3) is 0 Å². The standard InChI is InChI=1S/C13H16FNO2S/c1-17-11-4-2-3-10(11)15-13(16)8-5-6-9(14)12(18)7-8/h5-7,10-11,18H,2-4H2,1H3,(H,15,16). The summed E-state index contributed by atoms with van der Waals surface area (Å²) in [6, 6.07) is 4.18. The molecule has 0 spiro atoms.